The van der Waals surface area contributed by atoms with Gasteiger partial charge in [0.1, 0.15) is 5.54 Å². The number of carbonyl (C=O) groups excluding carboxylic acids is 3. The number of amides is 4. The summed E-state index contributed by atoms with van der Waals surface area (Å²) < 4.78 is 0. The largest absolute Gasteiger partial charge is 0.347 e. The summed E-state index contributed by atoms with van der Waals surface area (Å²) >= 11 is 0. The monoisotopic (exact) mass is 296 g/mol. The Morgan fingerprint density at radius 1 is 1.33 bits per heavy atom. The number of carbonyl (C=O) groups is 3. The van der Waals surface area contributed by atoms with Crippen LogP contribution in [0.15, 0.2) is 0 Å². The van der Waals surface area contributed by atoms with E-state index in [0.717, 1.165) is 19.4 Å². The molecule has 0 unspecified atom stereocenters. The van der Waals surface area contributed by atoms with Crippen molar-refractivity contribution in [1.29, 1.82) is 0 Å². The van der Waals surface area contributed by atoms with Crippen LogP contribution in [0.5, 0.6) is 0 Å². The maximum atomic E-state index is 12.1. The zero-order valence-electron chi connectivity index (χ0n) is 13.2. The van der Waals surface area contributed by atoms with Gasteiger partial charge in [-0.2, -0.15) is 0 Å². The lowest BCUT2D eigenvalue weighted by atomic mass is 10.1. The molecular weight excluding hydrogens is 272 g/mol. The third-order valence-electron chi connectivity index (χ3n) is 4.14. The molecule has 1 atom stereocenters. The standard InChI is InChI=1S/C14H24N4O3/c1-14(2)12(20)18(13(21)15-14)9-8-17-7-5-6-10(17)11(19)16(3)4/h10H,5-9H2,1-4H3,(H,15,21)/t10-/m1/s1. The van der Waals surface area contributed by atoms with Gasteiger partial charge in [-0.3, -0.25) is 19.4 Å². The van der Waals surface area contributed by atoms with Crippen molar-refractivity contribution in [3.8, 4) is 0 Å². The predicted octanol–water partition coefficient (Wildman–Crippen LogP) is -0.131. The quantitative estimate of drug-likeness (QED) is 0.734. The highest BCUT2D eigenvalue weighted by atomic mass is 16.2. The number of imide groups is 1. The summed E-state index contributed by atoms with van der Waals surface area (Å²) in [6.45, 7) is 5.09. The highest BCUT2D eigenvalue weighted by molar-refractivity contribution is 6.06. The molecule has 2 fully saturated rings. The maximum Gasteiger partial charge on any atom is 0.325 e. The smallest absolute Gasteiger partial charge is 0.325 e. The lowest BCUT2D eigenvalue weighted by molar-refractivity contribution is -0.133. The Morgan fingerprint density at radius 3 is 2.52 bits per heavy atom. The number of nitrogens with zero attached hydrogens (tertiary/aromatic N) is 3. The molecule has 7 heteroatoms. The molecule has 2 rings (SSSR count). The van der Waals surface area contributed by atoms with Gasteiger partial charge in [0.2, 0.25) is 5.91 Å². The Hall–Kier alpha value is -1.63. The molecule has 2 aliphatic heterocycles. The van der Waals surface area contributed by atoms with E-state index in [2.05, 4.69) is 10.2 Å². The predicted molar refractivity (Wildman–Crippen MR) is 77.6 cm³/mol. The third-order valence-corrected chi connectivity index (χ3v) is 4.14. The molecule has 0 aliphatic carbocycles. The van der Waals surface area contributed by atoms with Gasteiger partial charge in [-0.25, -0.2) is 4.79 Å². The Balaban J connectivity index is 1.95. The van der Waals surface area contributed by atoms with E-state index in [1.807, 2.05) is 0 Å². The lowest BCUT2D eigenvalue weighted by Crippen LogP contribution is -2.46. The first-order valence-corrected chi connectivity index (χ1v) is 7.33. The maximum absolute atomic E-state index is 12.1. The van der Waals surface area contributed by atoms with Crippen molar-refractivity contribution in [2.75, 3.05) is 33.7 Å². The zero-order chi connectivity index (χ0) is 15.8. The minimum atomic E-state index is -0.832. The van der Waals surface area contributed by atoms with Crippen LogP contribution in [0.2, 0.25) is 0 Å². The Bertz CT molecular complexity index is 461. The van der Waals surface area contributed by atoms with Gasteiger partial charge >= 0.3 is 6.03 Å². The highest BCUT2D eigenvalue weighted by Gasteiger charge is 2.44. The second-order valence-electron chi connectivity index (χ2n) is 6.44. The Kier molecular flexibility index (Phi) is 4.22. The second kappa shape index (κ2) is 5.63. The first-order valence-electron chi connectivity index (χ1n) is 7.33. The summed E-state index contributed by atoms with van der Waals surface area (Å²) in [5.74, 6) is -0.118. The molecular formula is C14H24N4O3. The number of nitrogens with one attached hydrogen (secondary N) is 1. The first-order chi connectivity index (χ1) is 9.74. The molecule has 1 N–H and O–H groups in total. The Morgan fingerprint density at radius 2 is 2.00 bits per heavy atom. The van der Waals surface area contributed by atoms with Crippen molar-refractivity contribution in [1.82, 2.24) is 20.0 Å². The van der Waals surface area contributed by atoms with Crippen LogP contribution in [-0.2, 0) is 9.59 Å². The topological polar surface area (TPSA) is 73.0 Å². The fourth-order valence-corrected chi connectivity index (χ4v) is 2.92. The van der Waals surface area contributed by atoms with Crippen molar-refractivity contribution in [3.05, 3.63) is 0 Å². The molecule has 0 aromatic heterocycles. The van der Waals surface area contributed by atoms with Gasteiger partial charge in [-0.15, -0.1) is 0 Å². The molecule has 2 heterocycles. The first kappa shape index (κ1) is 15.8. The van der Waals surface area contributed by atoms with Gasteiger partial charge in [0.15, 0.2) is 0 Å². The number of hydrogen-bond acceptors (Lipinski definition) is 4. The van der Waals surface area contributed by atoms with E-state index in [4.69, 9.17) is 0 Å². The van der Waals surface area contributed by atoms with Gasteiger partial charge in [-0.1, -0.05) is 0 Å². The molecule has 118 valence electrons. The summed E-state index contributed by atoms with van der Waals surface area (Å²) in [5.41, 5.74) is -0.832. The summed E-state index contributed by atoms with van der Waals surface area (Å²) in [7, 11) is 3.50. The van der Waals surface area contributed by atoms with Gasteiger partial charge < -0.3 is 10.2 Å². The van der Waals surface area contributed by atoms with E-state index in [9.17, 15) is 14.4 Å². The molecule has 7 nitrogen and oxygen atoms in total. The second-order valence-corrected chi connectivity index (χ2v) is 6.44. The molecule has 2 saturated heterocycles. The van der Waals surface area contributed by atoms with Gasteiger partial charge in [0, 0.05) is 27.2 Å². The van der Waals surface area contributed by atoms with Crippen LogP contribution < -0.4 is 5.32 Å². The fraction of sp³-hybridized carbons (Fsp3) is 0.786. The number of hydrogen-bond donors (Lipinski definition) is 1. The summed E-state index contributed by atoms with van der Waals surface area (Å²) in [6, 6.07) is -0.478. The van der Waals surface area contributed by atoms with Gasteiger partial charge in [0.05, 0.1) is 6.04 Å². The van der Waals surface area contributed by atoms with Gasteiger partial charge in [0.25, 0.3) is 5.91 Å². The summed E-state index contributed by atoms with van der Waals surface area (Å²) in [4.78, 5) is 41.0. The summed E-state index contributed by atoms with van der Waals surface area (Å²) in [5, 5.41) is 2.66. The Labute approximate surface area is 125 Å². The van der Waals surface area contributed by atoms with Crippen LogP contribution in [0.4, 0.5) is 4.79 Å². The van der Waals surface area contributed by atoms with E-state index in [1.54, 1.807) is 32.8 Å². The van der Waals surface area contributed by atoms with Crippen LogP contribution in [-0.4, -0.2) is 77.9 Å². The molecule has 4 amide bonds. The van der Waals surface area contributed by atoms with E-state index in [-0.39, 0.29) is 23.9 Å². The number of likely N-dealkylation sites (tertiary alicyclic amines) is 1. The van der Waals surface area contributed by atoms with Crippen molar-refractivity contribution < 1.29 is 14.4 Å². The van der Waals surface area contributed by atoms with E-state index in [1.165, 1.54) is 4.90 Å². The lowest BCUT2D eigenvalue weighted by Gasteiger charge is -2.27. The van der Waals surface area contributed by atoms with Gasteiger partial charge in [-0.05, 0) is 33.2 Å². The highest BCUT2D eigenvalue weighted by Crippen LogP contribution is 2.20. The zero-order valence-corrected chi connectivity index (χ0v) is 13.2. The van der Waals surface area contributed by atoms with Crippen LogP contribution in [0.25, 0.3) is 0 Å². The van der Waals surface area contributed by atoms with Crippen LogP contribution >= 0.6 is 0 Å². The van der Waals surface area contributed by atoms with Crippen molar-refractivity contribution in [3.63, 3.8) is 0 Å². The number of rotatable bonds is 4. The van der Waals surface area contributed by atoms with E-state index >= 15 is 0 Å². The molecule has 0 saturated carbocycles. The minimum Gasteiger partial charge on any atom is -0.347 e. The van der Waals surface area contributed by atoms with Crippen molar-refractivity contribution >= 4 is 17.8 Å². The average molecular weight is 296 g/mol. The van der Waals surface area contributed by atoms with E-state index in [0.29, 0.717) is 13.1 Å². The van der Waals surface area contributed by atoms with Crippen molar-refractivity contribution in [2.24, 2.45) is 0 Å². The molecule has 0 radical (unpaired) electrons. The molecule has 0 spiro atoms. The number of likely N-dealkylation sites (N-methyl/N-ethyl adjacent to an activating group) is 1. The fourth-order valence-electron chi connectivity index (χ4n) is 2.92. The molecule has 21 heavy (non-hydrogen) atoms. The molecule has 0 bridgehead atoms. The van der Waals surface area contributed by atoms with E-state index < -0.39 is 5.54 Å². The average Bonchev–Trinajstić information content (AvgIpc) is 2.91. The van der Waals surface area contributed by atoms with Crippen molar-refractivity contribution in [2.45, 2.75) is 38.3 Å². The molecule has 0 aromatic carbocycles. The molecule has 0 aromatic rings. The SMILES string of the molecule is CN(C)C(=O)[C@H]1CCCN1CCN1C(=O)NC(C)(C)C1=O. The normalized spacial score (nSPS) is 25.3. The van der Waals surface area contributed by atoms with Crippen LogP contribution in [0.3, 0.4) is 0 Å². The summed E-state index contributed by atoms with van der Waals surface area (Å²) in [6.07, 6.45) is 1.80. The third kappa shape index (κ3) is 3.02. The minimum absolute atomic E-state index is 0.0880. The number of urea groups is 1. The van der Waals surface area contributed by atoms with Crippen LogP contribution in [0.1, 0.15) is 26.7 Å². The molecule has 2 aliphatic rings. The van der Waals surface area contributed by atoms with Crippen LogP contribution in [0, 0.1) is 0 Å².